The number of hydrogen-bond acceptors (Lipinski definition) is 11. The van der Waals surface area contributed by atoms with E-state index in [2.05, 4.69) is 37.1 Å². The summed E-state index contributed by atoms with van der Waals surface area (Å²) in [5.74, 6) is 5.97. The molecule has 0 aliphatic rings. The fraction of sp³-hybridized carbons (Fsp3) is 0.250. The Balaban J connectivity index is 1.80. The minimum atomic E-state index is -0.477. The Labute approximate surface area is 208 Å². The first-order valence-electron chi connectivity index (χ1n) is 11.0. The molecule has 3 aromatic carbocycles. The number of methoxy groups -OCH3 is 2. The first kappa shape index (κ1) is 26.2. The Morgan fingerprint density at radius 2 is 1.36 bits per heavy atom. The number of ether oxygens (including phenoxy) is 2. The van der Waals surface area contributed by atoms with Gasteiger partial charge in [-0.15, -0.1) is 10.2 Å². The SMILES string of the molecule is CCN(CCON)c1ccc(/N=N/c2cc(OC)c(/N=N/c3ccc([N+](=O)[O-])cc3)cc2OC)cc1. The van der Waals surface area contributed by atoms with Crippen molar-refractivity contribution in [3.63, 3.8) is 0 Å². The predicted molar refractivity (Wildman–Crippen MR) is 135 cm³/mol. The number of rotatable bonds is 12. The third kappa shape index (κ3) is 6.81. The minimum Gasteiger partial charge on any atom is -0.494 e. The van der Waals surface area contributed by atoms with E-state index in [9.17, 15) is 10.1 Å². The van der Waals surface area contributed by atoms with Crippen molar-refractivity contribution in [1.29, 1.82) is 0 Å². The molecule has 188 valence electrons. The zero-order chi connectivity index (χ0) is 25.9. The van der Waals surface area contributed by atoms with Gasteiger partial charge in [0.25, 0.3) is 5.69 Å². The Hall–Kier alpha value is -4.42. The van der Waals surface area contributed by atoms with Gasteiger partial charge < -0.3 is 19.2 Å². The van der Waals surface area contributed by atoms with Crippen molar-refractivity contribution in [1.82, 2.24) is 0 Å². The standard InChI is InChI=1S/C24H27N7O5/c1-4-30(13-14-36-25)19-9-5-17(6-10-19)26-28-21-15-24(35-3)22(16-23(21)34-2)29-27-18-7-11-20(12-8-18)31(32)33/h5-12,15-16H,4,13-14,25H2,1-3H3/b28-26+,29-27+. The summed E-state index contributed by atoms with van der Waals surface area (Å²) in [6, 6.07) is 16.6. The summed E-state index contributed by atoms with van der Waals surface area (Å²) in [5.41, 5.74) is 2.95. The summed E-state index contributed by atoms with van der Waals surface area (Å²) in [7, 11) is 3.01. The number of non-ortho nitro benzene ring substituents is 1. The highest BCUT2D eigenvalue weighted by atomic mass is 16.6. The zero-order valence-corrected chi connectivity index (χ0v) is 20.2. The van der Waals surface area contributed by atoms with Crippen LogP contribution in [0.1, 0.15) is 6.92 Å². The van der Waals surface area contributed by atoms with Crippen LogP contribution in [0.4, 0.5) is 34.1 Å². The molecular formula is C24H27N7O5. The number of nitrogens with two attached hydrogens (primary N) is 1. The van der Waals surface area contributed by atoms with Gasteiger partial charge in [0.2, 0.25) is 0 Å². The molecule has 0 aliphatic carbocycles. The average molecular weight is 494 g/mol. The van der Waals surface area contributed by atoms with E-state index in [4.69, 9.17) is 15.4 Å². The van der Waals surface area contributed by atoms with Crippen molar-refractivity contribution in [3.05, 3.63) is 70.8 Å². The Morgan fingerprint density at radius 1 is 0.861 bits per heavy atom. The van der Waals surface area contributed by atoms with Gasteiger partial charge in [-0.05, 0) is 43.3 Å². The van der Waals surface area contributed by atoms with E-state index >= 15 is 0 Å². The van der Waals surface area contributed by atoms with Crippen LogP contribution < -0.4 is 20.3 Å². The summed E-state index contributed by atoms with van der Waals surface area (Å²) >= 11 is 0. The smallest absolute Gasteiger partial charge is 0.269 e. The highest BCUT2D eigenvalue weighted by molar-refractivity contribution is 5.66. The maximum Gasteiger partial charge on any atom is 0.269 e. The number of likely N-dealkylation sites (N-methyl/N-ethyl adjacent to an activating group) is 1. The lowest BCUT2D eigenvalue weighted by Gasteiger charge is -2.22. The second-order valence-corrected chi connectivity index (χ2v) is 7.34. The van der Waals surface area contributed by atoms with Gasteiger partial charge in [-0.1, -0.05) is 0 Å². The molecule has 0 aliphatic heterocycles. The van der Waals surface area contributed by atoms with E-state index in [-0.39, 0.29) is 5.69 Å². The van der Waals surface area contributed by atoms with Gasteiger partial charge in [0.1, 0.15) is 22.9 Å². The van der Waals surface area contributed by atoms with Crippen LogP contribution in [0.3, 0.4) is 0 Å². The van der Waals surface area contributed by atoms with E-state index in [0.717, 1.165) is 12.2 Å². The first-order chi connectivity index (χ1) is 17.5. The normalized spacial score (nSPS) is 11.2. The van der Waals surface area contributed by atoms with Gasteiger partial charge >= 0.3 is 0 Å². The van der Waals surface area contributed by atoms with Gasteiger partial charge in [-0.2, -0.15) is 10.2 Å². The van der Waals surface area contributed by atoms with Gasteiger partial charge in [0, 0.05) is 43.0 Å². The van der Waals surface area contributed by atoms with Crippen molar-refractivity contribution >= 4 is 34.1 Å². The van der Waals surface area contributed by atoms with Crippen LogP contribution >= 0.6 is 0 Å². The first-order valence-corrected chi connectivity index (χ1v) is 11.0. The summed E-state index contributed by atoms with van der Waals surface area (Å²) in [4.78, 5) is 17.1. The Kier molecular flexibility index (Phi) is 9.37. The molecule has 0 spiro atoms. The number of anilines is 1. The highest BCUT2D eigenvalue weighted by Gasteiger charge is 2.12. The third-order valence-electron chi connectivity index (χ3n) is 5.16. The lowest BCUT2D eigenvalue weighted by atomic mass is 10.2. The molecule has 3 rings (SSSR count). The molecular weight excluding hydrogens is 466 g/mol. The number of nitro benzene ring substituents is 1. The summed E-state index contributed by atoms with van der Waals surface area (Å²) in [6.45, 7) is 3.98. The molecule has 0 aromatic heterocycles. The van der Waals surface area contributed by atoms with Crippen molar-refractivity contribution in [2.24, 2.45) is 26.4 Å². The molecule has 0 saturated heterocycles. The summed E-state index contributed by atoms with van der Waals surface area (Å²) in [5, 5.41) is 27.8. The maximum absolute atomic E-state index is 10.8. The van der Waals surface area contributed by atoms with Crippen molar-refractivity contribution in [2.45, 2.75) is 6.92 Å². The van der Waals surface area contributed by atoms with E-state index in [0.29, 0.717) is 47.4 Å². The van der Waals surface area contributed by atoms with Crippen LogP contribution in [0.25, 0.3) is 0 Å². The molecule has 3 aromatic rings. The van der Waals surface area contributed by atoms with Crippen LogP contribution in [-0.2, 0) is 4.84 Å². The molecule has 36 heavy (non-hydrogen) atoms. The van der Waals surface area contributed by atoms with Crippen molar-refractivity contribution < 1.29 is 19.2 Å². The van der Waals surface area contributed by atoms with Crippen LogP contribution in [0.15, 0.2) is 81.1 Å². The summed E-state index contributed by atoms with van der Waals surface area (Å²) < 4.78 is 10.9. The quantitative estimate of drug-likeness (QED) is 0.180. The molecule has 0 unspecified atom stereocenters. The van der Waals surface area contributed by atoms with Crippen molar-refractivity contribution in [2.75, 3.05) is 38.8 Å². The van der Waals surface area contributed by atoms with Crippen LogP contribution in [0, 0.1) is 10.1 Å². The van der Waals surface area contributed by atoms with E-state index < -0.39 is 4.92 Å². The van der Waals surface area contributed by atoms with Crippen LogP contribution in [0.5, 0.6) is 11.5 Å². The number of nitro groups is 1. The largest absolute Gasteiger partial charge is 0.494 e. The summed E-state index contributed by atoms with van der Waals surface area (Å²) in [6.07, 6.45) is 0. The average Bonchev–Trinajstić information content (AvgIpc) is 2.91. The molecule has 0 atom stereocenters. The molecule has 2 N–H and O–H groups in total. The fourth-order valence-corrected chi connectivity index (χ4v) is 3.25. The number of benzene rings is 3. The van der Waals surface area contributed by atoms with Gasteiger partial charge in [-0.3, -0.25) is 10.1 Å². The second-order valence-electron chi connectivity index (χ2n) is 7.34. The third-order valence-corrected chi connectivity index (χ3v) is 5.16. The molecule has 0 amide bonds. The number of hydrogen-bond donors (Lipinski definition) is 1. The van der Waals surface area contributed by atoms with E-state index in [1.54, 1.807) is 12.1 Å². The molecule has 0 heterocycles. The maximum atomic E-state index is 10.8. The molecule has 0 bridgehead atoms. The number of azo groups is 2. The minimum absolute atomic E-state index is 0.0264. The van der Waals surface area contributed by atoms with E-state index in [1.807, 2.05) is 24.3 Å². The van der Waals surface area contributed by atoms with Gasteiger partial charge in [-0.25, -0.2) is 5.90 Å². The molecule has 0 saturated carbocycles. The van der Waals surface area contributed by atoms with Gasteiger partial charge in [0.05, 0.1) is 37.1 Å². The topological polar surface area (TPSA) is 150 Å². The molecule has 12 nitrogen and oxygen atoms in total. The van der Waals surface area contributed by atoms with Gasteiger partial charge in [0.15, 0.2) is 0 Å². The fourth-order valence-electron chi connectivity index (χ4n) is 3.25. The molecule has 0 radical (unpaired) electrons. The highest BCUT2D eigenvalue weighted by Crippen LogP contribution is 2.41. The predicted octanol–water partition coefficient (Wildman–Crippen LogP) is 6.16. The molecule has 12 heteroatoms. The Bertz CT molecular complexity index is 1210. The lowest BCUT2D eigenvalue weighted by Crippen LogP contribution is -2.27. The van der Waals surface area contributed by atoms with E-state index in [1.165, 1.54) is 38.5 Å². The monoisotopic (exact) mass is 493 g/mol. The Morgan fingerprint density at radius 3 is 1.78 bits per heavy atom. The zero-order valence-electron chi connectivity index (χ0n) is 20.2. The van der Waals surface area contributed by atoms with Crippen LogP contribution in [0.2, 0.25) is 0 Å². The lowest BCUT2D eigenvalue weighted by molar-refractivity contribution is -0.384. The van der Waals surface area contributed by atoms with Crippen molar-refractivity contribution in [3.8, 4) is 11.5 Å². The molecule has 0 fully saturated rings. The second kappa shape index (κ2) is 12.9. The number of nitrogens with zero attached hydrogens (tertiary/aromatic N) is 6. The van der Waals surface area contributed by atoms with Crippen LogP contribution in [-0.4, -0.2) is 38.8 Å².